The molecule has 3 aromatic heterocycles. The Hall–Kier alpha value is -1.86. The number of rotatable bonds is 5. The molecule has 0 amide bonds. The smallest absolute Gasteiger partial charge is 0.154 e. The molecule has 0 radical (unpaired) electrons. The minimum Gasteiger partial charge on any atom is -0.378 e. The molecule has 0 bridgehead atoms. The fourth-order valence-electron chi connectivity index (χ4n) is 2.81. The number of hydrogen-bond acceptors (Lipinski definition) is 5. The molecule has 1 aliphatic heterocycles. The molecular formula is C15H17ClN6S. The Kier molecular flexibility index (Phi) is 4.05. The van der Waals surface area contributed by atoms with E-state index in [0.29, 0.717) is 6.54 Å². The van der Waals surface area contributed by atoms with Gasteiger partial charge in [0.2, 0.25) is 0 Å². The van der Waals surface area contributed by atoms with E-state index in [-0.39, 0.29) is 0 Å². The highest BCUT2D eigenvalue weighted by Crippen LogP contribution is 2.20. The molecule has 0 atom stereocenters. The van der Waals surface area contributed by atoms with Crippen molar-refractivity contribution < 1.29 is 0 Å². The average molecular weight is 349 g/mol. The zero-order chi connectivity index (χ0) is 15.6. The lowest BCUT2D eigenvalue weighted by molar-refractivity contribution is 0.496. The molecule has 0 fully saturated rings. The highest BCUT2D eigenvalue weighted by Gasteiger charge is 2.16. The highest BCUT2D eigenvalue weighted by molar-refractivity contribution is 7.10. The number of nitrogens with zero attached hydrogens (tertiary/aromatic N) is 5. The maximum Gasteiger partial charge on any atom is 0.154 e. The third-order valence-electron chi connectivity index (χ3n) is 3.96. The predicted octanol–water partition coefficient (Wildman–Crippen LogP) is 3.19. The number of halogens is 1. The lowest BCUT2D eigenvalue weighted by Crippen LogP contribution is -2.15. The van der Waals surface area contributed by atoms with Crippen LogP contribution in [0.3, 0.4) is 0 Å². The van der Waals surface area contributed by atoms with E-state index in [1.54, 1.807) is 11.3 Å². The Balaban J connectivity index is 1.41. The van der Waals surface area contributed by atoms with Crippen molar-refractivity contribution >= 4 is 28.6 Å². The minimum absolute atomic E-state index is 0.652. The second-order valence-corrected chi connectivity index (χ2v) is 7.08. The van der Waals surface area contributed by atoms with Gasteiger partial charge in [0.25, 0.3) is 0 Å². The molecule has 3 aromatic rings. The van der Waals surface area contributed by atoms with Crippen LogP contribution >= 0.6 is 22.9 Å². The number of thiophene rings is 1. The van der Waals surface area contributed by atoms with Crippen LogP contribution < -0.4 is 5.32 Å². The van der Waals surface area contributed by atoms with Crippen molar-refractivity contribution in [3.63, 3.8) is 0 Å². The van der Waals surface area contributed by atoms with Crippen molar-refractivity contribution in [1.82, 2.24) is 24.5 Å². The Morgan fingerprint density at radius 3 is 3.13 bits per heavy atom. The molecule has 4 heterocycles. The highest BCUT2D eigenvalue weighted by atomic mass is 35.5. The molecule has 1 aliphatic rings. The summed E-state index contributed by atoms with van der Waals surface area (Å²) in [6.07, 6.45) is 7.28. The van der Waals surface area contributed by atoms with Crippen molar-refractivity contribution in [3.8, 4) is 0 Å². The monoisotopic (exact) mass is 348 g/mol. The van der Waals surface area contributed by atoms with E-state index in [1.165, 1.54) is 17.7 Å². The third-order valence-corrected chi connectivity index (χ3v) is 5.25. The SMILES string of the molecule is Clc1csc(CNc2cnn(Cc3nnc4n3CCCC4)c2)c1. The molecule has 6 nitrogen and oxygen atoms in total. The number of anilines is 1. The first-order valence-corrected chi connectivity index (χ1v) is 8.94. The third kappa shape index (κ3) is 3.25. The van der Waals surface area contributed by atoms with Crippen LogP contribution in [0.15, 0.2) is 23.8 Å². The van der Waals surface area contributed by atoms with Gasteiger partial charge in [-0.25, -0.2) is 0 Å². The molecule has 0 spiro atoms. The number of fused-ring (bicyclic) bond motifs is 1. The van der Waals surface area contributed by atoms with Gasteiger partial charge < -0.3 is 9.88 Å². The normalized spacial score (nSPS) is 14.0. The van der Waals surface area contributed by atoms with Gasteiger partial charge in [0, 0.05) is 36.0 Å². The summed E-state index contributed by atoms with van der Waals surface area (Å²) < 4.78 is 4.13. The van der Waals surface area contributed by atoms with Crippen LogP contribution in [0.25, 0.3) is 0 Å². The van der Waals surface area contributed by atoms with Gasteiger partial charge in [-0.05, 0) is 18.9 Å². The van der Waals surface area contributed by atoms with Crippen molar-refractivity contribution in [1.29, 1.82) is 0 Å². The molecule has 0 unspecified atom stereocenters. The van der Waals surface area contributed by atoms with Crippen molar-refractivity contribution in [2.24, 2.45) is 0 Å². The van der Waals surface area contributed by atoms with Crippen LogP contribution in [0.1, 0.15) is 29.4 Å². The summed E-state index contributed by atoms with van der Waals surface area (Å²) in [7, 11) is 0. The number of nitrogens with one attached hydrogen (secondary N) is 1. The predicted molar refractivity (Wildman–Crippen MR) is 90.9 cm³/mol. The minimum atomic E-state index is 0.652. The topological polar surface area (TPSA) is 60.6 Å². The van der Waals surface area contributed by atoms with Gasteiger partial charge in [-0.3, -0.25) is 4.68 Å². The summed E-state index contributed by atoms with van der Waals surface area (Å²) in [5.74, 6) is 2.09. The standard InChI is InChI=1S/C15H17ClN6S/c16-11-5-13(23-10-11)7-17-12-6-18-21(8-12)9-15-20-19-14-3-1-2-4-22(14)15/h5-6,8,10,17H,1-4,7,9H2. The van der Waals surface area contributed by atoms with E-state index in [9.17, 15) is 0 Å². The first-order chi connectivity index (χ1) is 11.3. The molecule has 0 aliphatic carbocycles. The van der Waals surface area contributed by atoms with Crippen LogP contribution in [0.2, 0.25) is 5.02 Å². The van der Waals surface area contributed by atoms with Crippen molar-refractivity contribution in [3.05, 3.63) is 45.4 Å². The van der Waals surface area contributed by atoms with Crippen LogP contribution in [0.5, 0.6) is 0 Å². The van der Waals surface area contributed by atoms with Crippen LogP contribution in [-0.2, 0) is 26.1 Å². The summed E-state index contributed by atoms with van der Waals surface area (Å²) in [5, 5.41) is 19.1. The van der Waals surface area contributed by atoms with Crippen LogP contribution in [-0.4, -0.2) is 24.5 Å². The lowest BCUT2D eigenvalue weighted by atomic mass is 10.2. The molecule has 120 valence electrons. The zero-order valence-electron chi connectivity index (χ0n) is 12.6. The summed E-state index contributed by atoms with van der Waals surface area (Å²) >= 11 is 7.59. The van der Waals surface area contributed by atoms with E-state index in [4.69, 9.17) is 11.6 Å². The largest absolute Gasteiger partial charge is 0.378 e. The average Bonchev–Trinajstić information content (AvgIpc) is 3.27. The van der Waals surface area contributed by atoms with Crippen molar-refractivity contribution in [2.75, 3.05) is 5.32 Å². The Labute approximate surface area is 143 Å². The fourth-order valence-corrected chi connectivity index (χ4v) is 3.82. The van der Waals surface area contributed by atoms with Gasteiger partial charge in [0.15, 0.2) is 5.82 Å². The first-order valence-electron chi connectivity index (χ1n) is 7.68. The van der Waals surface area contributed by atoms with Gasteiger partial charge in [-0.2, -0.15) is 5.10 Å². The lowest BCUT2D eigenvalue weighted by Gasteiger charge is -2.14. The molecule has 1 N–H and O–H groups in total. The molecule has 0 saturated carbocycles. The maximum atomic E-state index is 5.93. The summed E-state index contributed by atoms with van der Waals surface area (Å²) in [6, 6.07) is 1.98. The Bertz CT molecular complexity index is 805. The number of aryl methyl sites for hydroxylation is 1. The Morgan fingerprint density at radius 1 is 1.30 bits per heavy atom. The van der Waals surface area contributed by atoms with E-state index in [2.05, 4.69) is 25.2 Å². The summed E-state index contributed by atoms with van der Waals surface area (Å²) in [6.45, 7) is 2.42. The van der Waals surface area contributed by atoms with Crippen LogP contribution in [0, 0.1) is 0 Å². The maximum absolute atomic E-state index is 5.93. The quantitative estimate of drug-likeness (QED) is 0.769. The van der Waals surface area contributed by atoms with Crippen molar-refractivity contribution in [2.45, 2.75) is 38.9 Å². The molecule has 4 rings (SSSR count). The molecular weight excluding hydrogens is 332 g/mol. The number of aromatic nitrogens is 5. The van der Waals surface area contributed by atoms with E-state index in [1.807, 2.05) is 28.5 Å². The second kappa shape index (κ2) is 6.33. The van der Waals surface area contributed by atoms with Crippen LogP contribution in [0.4, 0.5) is 5.69 Å². The summed E-state index contributed by atoms with van der Waals surface area (Å²) in [4.78, 5) is 1.20. The van der Waals surface area contributed by atoms with Gasteiger partial charge in [0.05, 0.1) is 16.9 Å². The summed E-state index contributed by atoms with van der Waals surface area (Å²) in [5.41, 5.74) is 0.993. The van der Waals surface area contributed by atoms with Gasteiger partial charge in [-0.15, -0.1) is 21.5 Å². The number of hydrogen-bond donors (Lipinski definition) is 1. The Morgan fingerprint density at radius 2 is 2.26 bits per heavy atom. The van der Waals surface area contributed by atoms with Gasteiger partial charge in [-0.1, -0.05) is 11.6 Å². The molecule has 0 saturated heterocycles. The zero-order valence-corrected chi connectivity index (χ0v) is 14.1. The molecule has 8 heteroatoms. The molecule has 23 heavy (non-hydrogen) atoms. The van der Waals surface area contributed by atoms with E-state index in [0.717, 1.165) is 41.9 Å². The fraction of sp³-hybridized carbons (Fsp3) is 0.400. The first kappa shape index (κ1) is 14.7. The van der Waals surface area contributed by atoms with E-state index < -0.39 is 0 Å². The van der Waals surface area contributed by atoms with E-state index >= 15 is 0 Å². The second-order valence-electron chi connectivity index (χ2n) is 5.65. The molecule has 0 aromatic carbocycles. The van der Waals surface area contributed by atoms with Gasteiger partial charge in [0.1, 0.15) is 12.4 Å². The van der Waals surface area contributed by atoms with Gasteiger partial charge >= 0.3 is 0 Å².